The third-order valence-corrected chi connectivity index (χ3v) is 7.24. The van der Waals surface area contributed by atoms with E-state index < -0.39 is 18.6 Å². The molecule has 38 heavy (non-hydrogen) atoms. The number of nitrogen functional groups attached to an aromatic ring is 1. The van der Waals surface area contributed by atoms with Crippen LogP contribution in [0.15, 0.2) is 43.0 Å². The number of pyridine rings is 1. The number of nitrogens with zero attached hydrogens (tertiary/aromatic N) is 7. The number of aromatic nitrogens is 6. The molecule has 198 valence electrons. The molecule has 12 heteroatoms. The lowest BCUT2D eigenvalue weighted by molar-refractivity contribution is -0.147. The molecule has 12 nitrogen and oxygen atoms in total. The first kappa shape index (κ1) is 25.5. The molecular formula is C26H30N8O4. The summed E-state index contributed by atoms with van der Waals surface area (Å²) in [5.41, 5.74) is 8.19. The summed E-state index contributed by atoms with van der Waals surface area (Å²) in [6, 6.07) is 5.57. The Morgan fingerprint density at radius 1 is 1.13 bits per heavy atom. The fourth-order valence-corrected chi connectivity index (χ4v) is 4.90. The second-order valence-corrected chi connectivity index (χ2v) is 9.91. The average Bonchev–Trinajstić information content (AvgIpc) is 3.63. The fraction of sp³-hybridized carbons (Fsp3) is 0.385. The van der Waals surface area contributed by atoms with E-state index in [1.165, 1.54) is 11.4 Å². The highest BCUT2D eigenvalue weighted by atomic mass is 16.3. The van der Waals surface area contributed by atoms with Gasteiger partial charge >= 0.3 is 0 Å². The number of anilines is 1. The smallest absolute Gasteiger partial charge is 0.233 e. The van der Waals surface area contributed by atoms with Gasteiger partial charge in [0.15, 0.2) is 17.2 Å². The van der Waals surface area contributed by atoms with E-state index in [-0.39, 0.29) is 23.4 Å². The van der Waals surface area contributed by atoms with E-state index in [4.69, 9.17) is 10.7 Å². The van der Waals surface area contributed by atoms with Crippen molar-refractivity contribution in [2.24, 2.45) is 5.41 Å². The van der Waals surface area contributed by atoms with Gasteiger partial charge in [-0.3, -0.25) is 9.59 Å². The van der Waals surface area contributed by atoms with E-state index in [0.717, 1.165) is 11.1 Å². The highest BCUT2D eigenvalue weighted by Crippen LogP contribution is 2.35. The van der Waals surface area contributed by atoms with Crippen molar-refractivity contribution in [2.75, 3.05) is 32.0 Å². The maximum absolute atomic E-state index is 12.9. The minimum Gasteiger partial charge on any atom is -0.395 e. The summed E-state index contributed by atoms with van der Waals surface area (Å²) >= 11 is 0. The molecule has 5 rings (SSSR count). The lowest BCUT2D eigenvalue weighted by Crippen LogP contribution is -2.49. The molecule has 1 amide bonds. The second kappa shape index (κ2) is 9.95. The number of ketones is 1. The van der Waals surface area contributed by atoms with Gasteiger partial charge in [-0.25, -0.2) is 14.6 Å². The Kier molecular flexibility index (Phi) is 6.67. The number of aliphatic hydroxyl groups excluding tert-OH is 2. The predicted molar refractivity (Wildman–Crippen MR) is 139 cm³/mol. The van der Waals surface area contributed by atoms with Gasteiger partial charge in [0, 0.05) is 48.7 Å². The summed E-state index contributed by atoms with van der Waals surface area (Å²) in [6.45, 7) is 2.95. The molecule has 0 atom stereocenters. The van der Waals surface area contributed by atoms with Gasteiger partial charge < -0.3 is 20.8 Å². The zero-order chi connectivity index (χ0) is 27.0. The van der Waals surface area contributed by atoms with Gasteiger partial charge in [0.05, 0.1) is 36.1 Å². The largest absolute Gasteiger partial charge is 0.395 e. The predicted octanol–water partition coefficient (Wildman–Crippen LogP) is 1.46. The number of carbonyl (C=O) groups excluding carboxylic acids is 2. The van der Waals surface area contributed by atoms with Gasteiger partial charge in [-0.15, -0.1) is 0 Å². The van der Waals surface area contributed by atoms with Crippen molar-refractivity contribution in [1.82, 2.24) is 34.3 Å². The van der Waals surface area contributed by atoms with E-state index >= 15 is 0 Å². The Bertz CT molecular complexity index is 1470. The Labute approximate surface area is 218 Å². The molecule has 0 aromatic carbocycles. The average molecular weight is 519 g/mol. The summed E-state index contributed by atoms with van der Waals surface area (Å²) in [5, 5.41) is 27.8. The van der Waals surface area contributed by atoms with E-state index in [1.807, 2.05) is 24.4 Å². The van der Waals surface area contributed by atoms with Crippen LogP contribution in [0.2, 0.25) is 0 Å². The van der Waals surface area contributed by atoms with Crippen LogP contribution in [0.5, 0.6) is 0 Å². The monoisotopic (exact) mass is 518 g/mol. The van der Waals surface area contributed by atoms with Gasteiger partial charge in [-0.2, -0.15) is 14.7 Å². The van der Waals surface area contributed by atoms with Gasteiger partial charge in [-0.1, -0.05) is 0 Å². The number of carbonyl (C=O) groups is 2. The molecule has 1 aliphatic rings. The molecule has 5 heterocycles. The summed E-state index contributed by atoms with van der Waals surface area (Å²) in [4.78, 5) is 36.6. The molecular weight excluding hydrogens is 488 g/mol. The van der Waals surface area contributed by atoms with Gasteiger partial charge in [0.1, 0.15) is 5.82 Å². The highest BCUT2D eigenvalue weighted by molar-refractivity contribution is 6.00. The quantitative estimate of drug-likeness (QED) is 0.307. The van der Waals surface area contributed by atoms with Crippen molar-refractivity contribution >= 4 is 23.2 Å². The van der Waals surface area contributed by atoms with E-state index in [1.54, 1.807) is 35.1 Å². The maximum atomic E-state index is 12.9. The zero-order valence-corrected chi connectivity index (χ0v) is 21.3. The summed E-state index contributed by atoms with van der Waals surface area (Å²) < 4.78 is 3.14. The van der Waals surface area contributed by atoms with E-state index in [0.29, 0.717) is 48.7 Å². The number of fused-ring (bicyclic) bond motifs is 1. The van der Waals surface area contributed by atoms with Crippen LogP contribution in [0, 0.1) is 5.41 Å². The number of rotatable bonds is 7. The molecule has 1 fully saturated rings. The molecule has 4 aromatic rings. The van der Waals surface area contributed by atoms with Gasteiger partial charge in [0.25, 0.3) is 0 Å². The number of hydrogen-bond acceptors (Lipinski definition) is 9. The molecule has 1 aliphatic heterocycles. The standard InChI is InChI=1S/C26H30N8O4/c1-16(37)21-22(17-6-10-32(11-7-17)25(38)26(2,14-35)15-36)31-24-19(13-30-34(24)23(21)27)18-4-5-20(28-12-18)33-9-3-8-29-33/h3-5,8-9,12-13,17,35-36H,6-7,10-11,14-15,27H2,1-2H3. The fourth-order valence-electron chi connectivity index (χ4n) is 4.90. The molecule has 0 saturated carbocycles. The number of likely N-dealkylation sites (tertiary alicyclic amines) is 1. The van der Waals surface area contributed by atoms with Gasteiger partial charge in [-0.05, 0) is 44.9 Å². The Morgan fingerprint density at radius 3 is 2.45 bits per heavy atom. The highest BCUT2D eigenvalue weighted by Gasteiger charge is 2.38. The van der Waals surface area contributed by atoms with Crippen molar-refractivity contribution in [2.45, 2.75) is 32.6 Å². The number of Topliss-reactive ketones (excluding diaryl/α,β-unsaturated/α-hetero) is 1. The van der Waals surface area contributed by atoms with Crippen LogP contribution in [0.3, 0.4) is 0 Å². The SMILES string of the molecule is CC(=O)c1c(C2CCN(C(=O)C(C)(CO)CO)CC2)nc2c(-c3ccc(-n4cccn4)nc3)cnn2c1N. The summed E-state index contributed by atoms with van der Waals surface area (Å²) in [5.74, 6) is 0.280. The minimum atomic E-state index is -1.23. The number of aliphatic hydroxyl groups is 2. The lowest BCUT2D eigenvalue weighted by Gasteiger charge is -2.37. The third-order valence-electron chi connectivity index (χ3n) is 7.24. The van der Waals surface area contributed by atoms with Crippen LogP contribution in [0.25, 0.3) is 22.6 Å². The topological polar surface area (TPSA) is 165 Å². The molecule has 0 bridgehead atoms. The van der Waals surface area contributed by atoms with Crippen molar-refractivity contribution in [1.29, 1.82) is 0 Å². The first-order valence-corrected chi connectivity index (χ1v) is 12.4. The van der Waals surface area contributed by atoms with Crippen LogP contribution in [0.4, 0.5) is 5.82 Å². The van der Waals surface area contributed by atoms with Crippen LogP contribution in [-0.4, -0.2) is 82.5 Å². The number of nitrogens with two attached hydrogens (primary N) is 1. The first-order valence-electron chi connectivity index (χ1n) is 12.4. The third kappa shape index (κ3) is 4.31. The van der Waals surface area contributed by atoms with E-state index in [9.17, 15) is 19.8 Å². The van der Waals surface area contributed by atoms with Crippen LogP contribution >= 0.6 is 0 Å². The van der Waals surface area contributed by atoms with Crippen molar-refractivity contribution in [3.8, 4) is 16.9 Å². The molecule has 0 radical (unpaired) electrons. The maximum Gasteiger partial charge on any atom is 0.233 e. The minimum absolute atomic E-state index is 0.108. The molecule has 0 unspecified atom stereocenters. The van der Waals surface area contributed by atoms with Crippen LogP contribution in [0.1, 0.15) is 48.7 Å². The molecule has 4 aromatic heterocycles. The van der Waals surface area contributed by atoms with Crippen LogP contribution in [-0.2, 0) is 4.79 Å². The number of amides is 1. The Hall–Kier alpha value is -4.16. The molecule has 4 N–H and O–H groups in total. The number of piperidine rings is 1. The summed E-state index contributed by atoms with van der Waals surface area (Å²) in [7, 11) is 0. The van der Waals surface area contributed by atoms with Crippen LogP contribution < -0.4 is 5.73 Å². The second-order valence-electron chi connectivity index (χ2n) is 9.91. The lowest BCUT2D eigenvalue weighted by atomic mass is 9.86. The zero-order valence-electron chi connectivity index (χ0n) is 21.3. The Morgan fingerprint density at radius 2 is 1.87 bits per heavy atom. The normalized spacial score (nSPS) is 14.8. The molecule has 0 aliphatic carbocycles. The number of hydrogen-bond donors (Lipinski definition) is 3. The van der Waals surface area contributed by atoms with Crippen molar-refractivity contribution < 1.29 is 19.8 Å². The van der Waals surface area contributed by atoms with Gasteiger partial charge in [0.2, 0.25) is 5.91 Å². The first-order chi connectivity index (χ1) is 18.3. The molecule has 0 spiro atoms. The van der Waals surface area contributed by atoms with E-state index in [2.05, 4.69) is 15.2 Å². The van der Waals surface area contributed by atoms with Crippen molar-refractivity contribution in [3.05, 3.63) is 54.2 Å². The Balaban J connectivity index is 1.48. The van der Waals surface area contributed by atoms with Crippen molar-refractivity contribution in [3.63, 3.8) is 0 Å². The summed E-state index contributed by atoms with van der Waals surface area (Å²) in [6.07, 6.45) is 7.98. The molecule has 1 saturated heterocycles.